The van der Waals surface area contributed by atoms with Crippen LogP contribution in [0.5, 0.6) is 0 Å². The molecule has 0 radical (unpaired) electrons. The van der Waals surface area contributed by atoms with Crippen LogP contribution in [0.4, 0.5) is 0 Å². The summed E-state index contributed by atoms with van der Waals surface area (Å²) < 4.78 is 6.24. The quantitative estimate of drug-likeness (QED) is 0.156. The molecule has 11 rings (SSSR count). The molecular weight excluding hydrogens is 945 g/mol. The van der Waals surface area contributed by atoms with E-state index in [9.17, 15) is 0 Å². The summed E-state index contributed by atoms with van der Waals surface area (Å²) in [6, 6.07) is 67.8. The van der Waals surface area contributed by atoms with Crippen molar-refractivity contribution >= 4 is 21.9 Å². The van der Waals surface area contributed by atoms with Crippen molar-refractivity contribution in [2.45, 2.75) is 19.3 Å². The Kier molecular flexibility index (Phi) is 9.25. The molecule has 59 heavy (non-hydrogen) atoms. The molecule has 5 heteroatoms. The molecule has 276 valence electrons. The molecule has 8 aromatic carbocycles. The maximum absolute atomic E-state index is 6.24. The van der Waals surface area contributed by atoms with Crippen molar-refractivity contribution in [1.29, 1.82) is 0 Å². The van der Waals surface area contributed by atoms with Crippen molar-refractivity contribution in [1.82, 2.24) is 15.0 Å². The summed E-state index contributed by atoms with van der Waals surface area (Å²) in [5.74, 6) is 1.89. The van der Waals surface area contributed by atoms with Gasteiger partial charge in [0.25, 0.3) is 0 Å². The SMILES string of the molecule is CC1(C)c2cc(-c3nc(-c4ccccc4)nc(-c4cccc(-c5cccc6oc7ccccc7c56)c4)n3)ccc2-c2ccc(-c3ccc[c-]c3-c3[c-]cccc3)cc21.[U+2]. The molecule has 0 amide bonds. The van der Waals surface area contributed by atoms with Gasteiger partial charge in [0.15, 0.2) is 17.5 Å². The van der Waals surface area contributed by atoms with E-state index in [4.69, 9.17) is 19.4 Å². The number of hydrogen-bond donors (Lipinski definition) is 0. The smallest absolute Gasteiger partial charge is 0.456 e. The maximum atomic E-state index is 6.24. The third-order valence-electron chi connectivity index (χ3n) is 11.6. The minimum Gasteiger partial charge on any atom is -0.456 e. The van der Waals surface area contributed by atoms with Crippen LogP contribution in [0.25, 0.3) is 101 Å². The van der Waals surface area contributed by atoms with Gasteiger partial charge in [-0.05, 0) is 57.6 Å². The second-order valence-electron chi connectivity index (χ2n) is 15.4. The summed E-state index contributed by atoms with van der Waals surface area (Å²) in [4.78, 5) is 15.4. The van der Waals surface area contributed by atoms with Crippen LogP contribution in [0, 0.1) is 43.2 Å². The van der Waals surface area contributed by atoms with Crippen LogP contribution >= 0.6 is 0 Å². The first-order valence-corrected chi connectivity index (χ1v) is 19.6. The van der Waals surface area contributed by atoms with Crippen molar-refractivity contribution in [3.05, 3.63) is 199 Å². The molecule has 0 atom stereocenters. The van der Waals surface area contributed by atoms with Gasteiger partial charge in [0.2, 0.25) is 0 Å². The fraction of sp³-hybridized carbons (Fsp3) is 0.0556. The zero-order chi connectivity index (χ0) is 38.8. The molecule has 0 bridgehead atoms. The van der Waals surface area contributed by atoms with E-state index in [1.54, 1.807) is 0 Å². The molecule has 1 aliphatic carbocycles. The molecule has 1 aliphatic rings. The van der Waals surface area contributed by atoms with E-state index in [0.717, 1.165) is 72.0 Å². The van der Waals surface area contributed by atoms with E-state index >= 15 is 0 Å². The van der Waals surface area contributed by atoms with Gasteiger partial charge in [0, 0.05) is 32.9 Å². The molecule has 0 saturated carbocycles. The number of rotatable bonds is 6. The Labute approximate surface area is 367 Å². The van der Waals surface area contributed by atoms with Crippen molar-refractivity contribution < 1.29 is 35.5 Å². The minimum atomic E-state index is -0.265. The average molecular weight is 980 g/mol. The van der Waals surface area contributed by atoms with Crippen LogP contribution in [0.2, 0.25) is 0 Å². The first-order chi connectivity index (χ1) is 28.5. The predicted octanol–water partition coefficient (Wildman–Crippen LogP) is 13.7. The normalized spacial score (nSPS) is 12.6. The van der Waals surface area contributed by atoms with Gasteiger partial charge in [-0.25, -0.2) is 26.1 Å². The van der Waals surface area contributed by atoms with Crippen LogP contribution in [0.3, 0.4) is 0 Å². The number of para-hydroxylation sites is 1. The number of benzene rings is 8. The van der Waals surface area contributed by atoms with Gasteiger partial charge < -0.3 is 4.42 Å². The third-order valence-corrected chi connectivity index (χ3v) is 11.6. The Bertz CT molecular complexity index is 3210. The molecule has 0 unspecified atom stereocenters. The maximum Gasteiger partial charge on any atom is 2.00 e. The fourth-order valence-corrected chi connectivity index (χ4v) is 8.68. The van der Waals surface area contributed by atoms with Crippen LogP contribution in [-0.2, 0) is 5.41 Å². The van der Waals surface area contributed by atoms with Gasteiger partial charge in [-0.15, -0.1) is 23.8 Å². The number of fused-ring (bicyclic) bond motifs is 6. The summed E-state index contributed by atoms with van der Waals surface area (Å²) in [7, 11) is 0. The molecule has 0 N–H and O–H groups in total. The van der Waals surface area contributed by atoms with Gasteiger partial charge in [0.1, 0.15) is 11.2 Å². The number of furan rings is 1. The van der Waals surface area contributed by atoms with E-state index in [1.165, 1.54) is 22.3 Å². The second-order valence-corrected chi connectivity index (χ2v) is 15.4. The molecule has 10 aromatic rings. The van der Waals surface area contributed by atoms with Crippen LogP contribution in [0.1, 0.15) is 25.0 Å². The van der Waals surface area contributed by atoms with Gasteiger partial charge in [-0.1, -0.05) is 129 Å². The first-order valence-electron chi connectivity index (χ1n) is 19.6. The summed E-state index contributed by atoms with van der Waals surface area (Å²) in [6.45, 7) is 4.63. The van der Waals surface area contributed by atoms with Crippen LogP contribution < -0.4 is 0 Å². The van der Waals surface area contributed by atoms with E-state index in [2.05, 4.69) is 147 Å². The summed E-state index contributed by atoms with van der Waals surface area (Å²) in [5, 5.41) is 2.20. The molecule has 2 heterocycles. The molecule has 4 nitrogen and oxygen atoms in total. The van der Waals surface area contributed by atoms with Crippen LogP contribution in [0.15, 0.2) is 180 Å². The average Bonchev–Trinajstić information content (AvgIpc) is 3.78. The Morgan fingerprint density at radius 3 is 1.80 bits per heavy atom. The van der Waals surface area contributed by atoms with Gasteiger partial charge in [0.05, 0.1) is 0 Å². The van der Waals surface area contributed by atoms with E-state index in [1.807, 2.05) is 54.6 Å². The molecule has 0 fully saturated rings. The van der Waals surface area contributed by atoms with E-state index in [-0.39, 0.29) is 36.5 Å². The van der Waals surface area contributed by atoms with E-state index < -0.39 is 0 Å². The molecule has 0 spiro atoms. The van der Waals surface area contributed by atoms with Crippen molar-refractivity contribution in [3.8, 4) is 78.7 Å². The van der Waals surface area contributed by atoms with E-state index in [0.29, 0.717) is 17.5 Å². The minimum absolute atomic E-state index is 0. The molecule has 0 aliphatic heterocycles. The Hall–Kier alpha value is -6.38. The number of nitrogens with zero attached hydrogens (tertiary/aromatic N) is 3. The second kappa shape index (κ2) is 14.8. The van der Waals surface area contributed by atoms with Crippen molar-refractivity contribution in [2.75, 3.05) is 0 Å². The standard InChI is InChI=1S/C54H35N3O.U/c1-54(2)46-32-37(41-22-10-9-21-40(41)34-15-5-3-6-16-34)27-29-43(46)44-30-28-39(33-47(44)54)53-56-51(35-17-7-4-8-18-35)55-52(57-53)38-20-13-19-36(31-38)42-24-14-26-49-50(42)45-23-11-12-25-48(45)58-49;/h3-15,17-20,22-33H,1-2H3;/q-2;+2. The molecular formula is C54H35N3OU. The van der Waals surface area contributed by atoms with Crippen molar-refractivity contribution in [3.63, 3.8) is 0 Å². The third kappa shape index (κ3) is 6.34. The summed E-state index contributed by atoms with van der Waals surface area (Å²) in [6.07, 6.45) is 0. The first kappa shape index (κ1) is 36.9. The number of aromatic nitrogens is 3. The molecule has 2 aromatic heterocycles. The molecule has 0 saturated heterocycles. The van der Waals surface area contributed by atoms with Gasteiger partial charge in [-0.3, -0.25) is 0 Å². The van der Waals surface area contributed by atoms with Crippen LogP contribution in [-0.4, -0.2) is 15.0 Å². The van der Waals surface area contributed by atoms with Crippen molar-refractivity contribution in [2.24, 2.45) is 0 Å². The van der Waals surface area contributed by atoms with Gasteiger partial charge >= 0.3 is 31.1 Å². The predicted molar refractivity (Wildman–Crippen MR) is 235 cm³/mol. The number of hydrogen-bond acceptors (Lipinski definition) is 4. The fourth-order valence-electron chi connectivity index (χ4n) is 8.68. The topological polar surface area (TPSA) is 51.8 Å². The zero-order valence-corrected chi connectivity index (χ0v) is 36.7. The largest absolute Gasteiger partial charge is 2.00 e. The Morgan fingerprint density at radius 2 is 1.02 bits per heavy atom. The Balaban J connectivity index is 0.00000420. The monoisotopic (exact) mass is 979 g/mol. The Morgan fingerprint density at radius 1 is 0.441 bits per heavy atom. The van der Waals surface area contributed by atoms with Gasteiger partial charge in [-0.2, -0.15) is 36.4 Å². The zero-order valence-electron chi connectivity index (χ0n) is 32.5. The summed E-state index contributed by atoms with van der Waals surface area (Å²) >= 11 is 0. The summed E-state index contributed by atoms with van der Waals surface area (Å²) in [5.41, 5.74) is 15.9.